The monoisotopic (exact) mass is 694 g/mol. The summed E-state index contributed by atoms with van der Waals surface area (Å²) in [6.45, 7) is 9.59. The van der Waals surface area contributed by atoms with Crippen LogP contribution < -0.4 is 10.1 Å². The first-order valence-corrected chi connectivity index (χ1v) is 18.5. The fraction of sp³-hybridized carbons (Fsp3) is 0.350. The molecule has 1 aromatic heterocycles. The summed E-state index contributed by atoms with van der Waals surface area (Å²) in [6.07, 6.45) is 8.54. The Morgan fingerprint density at radius 3 is 2.46 bits per heavy atom. The van der Waals surface area contributed by atoms with Crippen molar-refractivity contribution in [2.24, 2.45) is 5.92 Å². The zero-order valence-electron chi connectivity index (χ0n) is 28.9. The highest BCUT2D eigenvalue weighted by Crippen LogP contribution is 2.49. The molecule has 4 atom stereocenters. The van der Waals surface area contributed by atoms with Gasteiger partial charge in [0.25, 0.3) is 0 Å². The highest BCUT2D eigenvalue weighted by Gasteiger charge is 2.40. The van der Waals surface area contributed by atoms with E-state index in [1.807, 2.05) is 58.0 Å². The standard InChI is InChI=1S/C40H42N2O7S/c1-22-23(2)36(24(3)25-18-19-40(4,5)49-35(22)25)50(46,47)37-31(30-16-10-11-17-33(30)41-37)20-34(38(43)44)42-39(45)48-21-32-28-14-8-6-12-26(28)27-13-7-9-15-29(27)32/h6-17,26,28,32,34,41H,18-21H2,1-5H3,(H,42,45)(H,43,44). The molecule has 1 aliphatic heterocycles. The molecule has 7 rings (SSSR count). The Hall–Kier alpha value is -4.83. The van der Waals surface area contributed by atoms with Gasteiger partial charge in [0.05, 0.1) is 4.90 Å². The molecule has 0 radical (unpaired) electrons. The summed E-state index contributed by atoms with van der Waals surface area (Å²) in [6, 6.07) is 13.7. The molecule has 0 bridgehead atoms. The Morgan fingerprint density at radius 1 is 1.00 bits per heavy atom. The number of carboxylic acid groups (broad SMARTS) is 1. The number of carbonyl (C=O) groups is 2. The summed E-state index contributed by atoms with van der Waals surface area (Å²) in [7, 11) is -4.20. The number of aromatic nitrogens is 1. The molecule has 260 valence electrons. The third-order valence-electron chi connectivity index (χ3n) is 10.8. The number of carboxylic acids is 1. The lowest BCUT2D eigenvalue weighted by Crippen LogP contribution is -2.43. The summed E-state index contributed by atoms with van der Waals surface area (Å²) in [5.74, 6) is -0.351. The van der Waals surface area contributed by atoms with Crippen LogP contribution in [0.2, 0.25) is 0 Å². The molecule has 1 amide bonds. The number of aliphatic carboxylic acids is 1. The van der Waals surface area contributed by atoms with E-state index in [0.717, 1.165) is 28.9 Å². The quantitative estimate of drug-likeness (QED) is 0.175. The summed E-state index contributed by atoms with van der Waals surface area (Å²) in [4.78, 5) is 29.2. The number of H-pyrrole nitrogens is 1. The van der Waals surface area contributed by atoms with Gasteiger partial charge in [0.2, 0.25) is 9.84 Å². The smallest absolute Gasteiger partial charge is 0.407 e. The van der Waals surface area contributed by atoms with Gasteiger partial charge in [0.1, 0.15) is 29.0 Å². The Balaban J connectivity index is 1.19. The van der Waals surface area contributed by atoms with Crippen molar-refractivity contribution in [3.63, 3.8) is 0 Å². The minimum atomic E-state index is -4.20. The zero-order valence-corrected chi connectivity index (χ0v) is 29.7. The number of hydrogen-bond donors (Lipinski definition) is 3. The molecule has 2 heterocycles. The fourth-order valence-corrected chi connectivity index (χ4v) is 10.1. The van der Waals surface area contributed by atoms with E-state index < -0.39 is 27.9 Å². The van der Waals surface area contributed by atoms with E-state index >= 15 is 0 Å². The van der Waals surface area contributed by atoms with Gasteiger partial charge < -0.3 is 24.9 Å². The Bertz CT molecular complexity index is 2210. The zero-order chi connectivity index (χ0) is 35.5. The maximum atomic E-state index is 14.7. The Morgan fingerprint density at radius 2 is 1.70 bits per heavy atom. The number of fused-ring (bicyclic) bond motifs is 5. The van der Waals surface area contributed by atoms with Crippen molar-refractivity contribution >= 4 is 32.8 Å². The molecule has 3 aromatic carbocycles. The Kier molecular flexibility index (Phi) is 8.41. The predicted octanol–water partition coefficient (Wildman–Crippen LogP) is 7.37. The molecule has 0 saturated heterocycles. The van der Waals surface area contributed by atoms with Crippen molar-refractivity contribution in [3.8, 4) is 5.75 Å². The molecule has 0 fully saturated rings. The number of sulfone groups is 1. The minimum absolute atomic E-state index is 0.0678. The van der Waals surface area contributed by atoms with Crippen molar-refractivity contribution in [1.29, 1.82) is 0 Å². The topological polar surface area (TPSA) is 135 Å². The number of para-hydroxylation sites is 1. The molecule has 4 aromatic rings. The lowest BCUT2D eigenvalue weighted by Gasteiger charge is -2.35. The van der Waals surface area contributed by atoms with E-state index in [0.29, 0.717) is 28.5 Å². The summed E-state index contributed by atoms with van der Waals surface area (Å²) < 4.78 is 41.5. The van der Waals surface area contributed by atoms with Gasteiger partial charge in [-0.1, -0.05) is 66.8 Å². The van der Waals surface area contributed by atoms with Gasteiger partial charge in [-0.2, -0.15) is 0 Å². The predicted molar refractivity (Wildman–Crippen MR) is 191 cm³/mol. The first kappa shape index (κ1) is 33.7. The number of allylic oxidation sites excluding steroid dienone is 4. The molecular weight excluding hydrogens is 653 g/mol. The molecule has 3 N–H and O–H groups in total. The molecule has 10 heteroatoms. The van der Waals surface area contributed by atoms with Crippen LogP contribution in [0.25, 0.3) is 10.9 Å². The molecule has 0 spiro atoms. The van der Waals surface area contributed by atoms with Crippen LogP contribution >= 0.6 is 0 Å². The van der Waals surface area contributed by atoms with Gasteiger partial charge in [0.15, 0.2) is 0 Å². The van der Waals surface area contributed by atoms with Gasteiger partial charge in [0, 0.05) is 29.2 Å². The van der Waals surface area contributed by atoms with E-state index in [4.69, 9.17) is 9.47 Å². The molecular formula is C40H42N2O7S. The average Bonchev–Trinajstić information content (AvgIpc) is 3.61. The molecule has 50 heavy (non-hydrogen) atoms. The Labute approximate surface area is 292 Å². The van der Waals surface area contributed by atoms with Crippen molar-refractivity contribution in [3.05, 3.63) is 112 Å². The van der Waals surface area contributed by atoms with Crippen LogP contribution in [-0.4, -0.2) is 48.8 Å². The van der Waals surface area contributed by atoms with Crippen LogP contribution in [0, 0.1) is 26.7 Å². The number of nitrogens with one attached hydrogen (secondary N) is 2. The van der Waals surface area contributed by atoms with Crippen molar-refractivity contribution in [2.45, 2.75) is 87.3 Å². The van der Waals surface area contributed by atoms with E-state index in [9.17, 15) is 23.1 Å². The maximum Gasteiger partial charge on any atom is 0.407 e. The van der Waals surface area contributed by atoms with Gasteiger partial charge in [-0.05, 0) is 98.4 Å². The first-order chi connectivity index (χ1) is 23.8. The third-order valence-corrected chi connectivity index (χ3v) is 12.8. The largest absolute Gasteiger partial charge is 0.487 e. The van der Waals surface area contributed by atoms with Crippen LogP contribution in [0.15, 0.2) is 82.8 Å². The molecule has 0 saturated carbocycles. The van der Waals surface area contributed by atoms with Crippen LogP contribution in [0.5, 0.6) is 5.75 Å². The second-order valence-corrected chi connectivity index (χ2v) is 16.1. The van der Waals surface area contributed by atoms with Crippen molar-refractivity contribution in [2.75, 3.05) is 6.61 Å². The highest BCUT2D eigenvalue weighted by molar-refractivity contribution is 7.91. The second kappa shape index (κ2) is 12.5. The third kappa shape index (κ3) is 5.69. The number of carbonyl (C=O) groups excluding carboxylic acids is 1. The number of ether oxygens (including phenoxy) is 2. The number of hydrogen-bond acceptors (Lipinski definition) is 6. The molecule has 2 aliphatic carbocycles. The molecule has 4 unspecified atom stereocenters. The number of benzene rings is 3. The van der Waals surface area contributed by atoms with Crippen molar-refractivity contribution in [1.82, 2.24) is 10.3 Å². The van der Waals surface area contributed by atoms with E-state index in [1.165, 1.54) is 5.56 Å². The summed E-state index contributed by atoms with van der Waals surface area (Å²) in [5, 5.41) is 13.3. The summed E-state index contributed by atoms with van der Waals surface area (Å²) in [5.41, 5.74) is 5.60. The van der Waals surface area contributed by atoms with E-state index in [1.54, 1.807) is 31.2 Å². The van der Waals surface area contributed by atoms with Crippen LogP contribution in [-0.2, 0) is 32.2 Å². The van der Waals surface area contributed by atoms with Crippen LogP contribution in [0.4, 0.5) is 4.79 Å². The van der Waals surface area contributed by atoms with Crippen molar-refractivity contribution < 1.29 is 32.6 Å². The van der Waals surface area contributed by atoms with E-state index in [2.05, 4.69) is 28.5 Å². The van der Waals surface area contributed by atoms with Crippen LogP contribution in [0.3, 0.4) is 0 Å². The first-order valence-electron chi connectivity index (χ1n) is 17.0. The molecule has 9 nitrogen and oxygen atoms in total. The number of aromatic amines is 1. The van der Waals surface area contributed by atoms with Gasteiger partial charge in [-0.3, -0.25) is 0 Å². The lowest BCUT2D eigenvalue weighted by molar-refractivity contribution is -0.139. The van der Waals surface area contributed by atoms with Crippen LogP contribution in [0.1, 0.15) is 71.0 Å². The van der Waals surface area contributed by atoms with Gasteiger partial charge in [-0.15, -0.1) is 0 Å². The van der Waals surface area contributed by atoms with Gasteiger partial charge in [-0.25, -0.2) is 18.0 Å². The second-order valence-electron chi connectivity index (χ2n) is 14.3. The average molecular weight is 695 g/mol. The SMILES string of the molecule is Cc1c(C)c(S(=O)(=O)c2[nH]c3ccccc3c2CC(NC(=O)OCC2c3ccccc3C3C=CC=CC32)C(=O)O)c(C)c2c1OC(C)(C)CC2. The highest BCUT2D eigenvalue weighted by atomic mass is 32.2. The summed E-state index contributed by atoms with van der Waals surface area (Å²) >= 11 is 0. The molecule has 3 aliphatic rings. The lowest BCUT2D eigenvalue weighted by atomic mass is 9.84. The fourth-order valence-electron chi connectivity index (χ4n) is 8.09. The van der Waals surface area contributed by atoms with Gasteiger partial charge >= 0.3 is 12.1 Å². The number of alkyl carbamates (subject to hydrolysis) is 1. The normalized spacial score (nSPS) is 20.8. The van der Waals surface area contributed by atoms with E-state index in [-0.39, 0.29) is 51.9 Å². The maximum absolute atomic E-state index is 14.7. The number of rotatable bonds is 8. The number of amides is 1. The minimum Gasteiger partial charge on any atom is -0.487 e.